The van der Waals surface area contributed by atoms with Gasteiger partial charge in [0.15, 0.2) is 11.5 Å². The molecule has 0 saturated heterocycles. The molecule has 1 aromatic carbocycles. The molecule has 2 aromatic rings. The van der Waals surface area contributed by atoms with E-state index < -0.39 is 0 Å². The molecule has 0 amide bonds. The SMILES string of the molecule is CCCn1ccnc1C(NCC)c1ccc2c(c1)OCO2. The molecule has 0 aliphatic carbocycles. The molecule has 0 bridgehead atoms. The summed E-state index contributed by atoms with van der Waals surface area (Å²) in [5.74, 6) is 2.66. The zero-order valence-corrected chi connectivity index (χ0v) is 12.5. The van der Waals surface area contributed by atoms with Gasteiger partial charge in [-0.1, -0.05) is 19.9 Å². The molecule has 0 saturated carbocycles. The van der Waals surface area contributed by atoms with Gasteiger partial charge >= 0.3 is 0 Å². The standard InChI is InChI=1S/C16H21N3O2/c1-3-8-19-9-7-18-16(19)15(17-4-2)12-5-6-13-14(10-12)21-11-20-13/h5-7,9-10,15,17H,3-4,8,11H2,1-2H3. The number of rotatable bonds is 6. The summed E-state index contributed by atoms with van der Waals surface area (Å²) in [5, 5.41) is 3.51. The van der Waals surface area contributed by atoms with E-state index in [0.29, 0.717) is 6.79 Å². The molecule has 0 spiro atoms. The lowest BCUT2D eigenvalue weighted by molar-refractivity contribution is 0.174. The van der Waals surface area contributed by atoms with Crippen LogP contribution in [0.2, 0.25) is 0 Å². The second kappa shape index (κ2) is 6.18. The molecule has 1 atom stereocenters. The Morgan fingerprint density at radius 2 is 2.14 bits per heavy atom. The zero-order valence-electron chi connectivity index (χ0n) is 12.5. The maximum absolute atomic E-state index is 5.49. The Hall–Kier alpha value is -2.01. The third-order valence-corrected chi connectivity index (χ3v) is 3.61. The molecule has 1 N–H and O–H groups in total. The second-order valence-corrected chi connectivity index (χ2v) is 5.08. The Morgan fingerprint density at radius 1 is 1.29 bits per heavy atom. The van der Waals surface area contributed by atoms with Gasteiger partial charge in [0.05, 0.1) is 6.04 Å². The van der Waals surface area contributed by atoms with Crippen molar-refractivity contribution >= 4 is 0 Å². The molecule has 1 unspecified atom stereocenters. The minimum absolute atomic E-state index is 0.0612. The zero-order chi connectivity index (χ0) is 14.7. The maximum Gasteiger partial charge on any atom is 0.231 e. The summed E-state index contributed by atoms with van der Waals surface area (Å²) in [4.78, 5) is 4.55. The van der Waals surface area contributed by atoms with Crippen molar-refractivity contribution in [1.82, 2.24) is 14.9 Å². The van der Waals surface area contributed by atoms with Gasteiger partial charge in [-0.3, -0.25) is 0 Å². The highest BCUT2D eigenvalue weighted by molar-refractivity contribution is 5.46. The smallest absolute Gasteiger partial charge is 0.231 e. The van der Waals surface area contributed by atoms with E-state index >= 15 is 0 Å². The van der Waals surface area contributed by atoms with Crippen molar-refractivity contribution in [3.05, 3.63) is 42.0 Å². The summed E-state index contributed by atoms with van der Waals surface area (Å²) >= 11 is 0. The average Bonchev–Trinajstić information content (AvgIpc) is 3.13. The van der Waals surface area contributed by atoms with Crippen molar-refractivity contribution in [2.75, 3.05) is 13.3 Å². The number of nitrogens with one attached hydrogen (secondary N) is 1. The van der Waals surface area contributed by atoms with Gasteiger partial charge in [0.2, 0.25) is 6.79 Å². The van der Waals surface area contributed by atoms with Crippen molar-refractivity contribution in [3.63, 3.8) is 0 Å². The van der Waals surface area contributed by atoms with E-state index in [1.807, 2.05) is 24.5 Å². The molecule has 0 radical (unpaired) electrons. The lowest BCUT2D eigenvalue weighted by Gasteiger charge is -2.19. The predicted octanol–water partition coefficient (Wildman–Crippen LogP) is 2.72. The minimum Gasteiger partial charge on any atom is -0.454 e. The number of aryl methyl sites for hydroxylation is 1. The molecule has 1 aliphatic rings. The van der Waals surface area contributed by atoms with E-state index in [1.54, 1.807) is 0 Å². The topological polar surface area (TPSA) is 48.3 Å². The van der Waals surface area contributed by atoms with Crippen molar-refractivity contribution < 1.29 is 9.47 Å². The van der Waals surface area contributed by atoms with E-state index in [2.05, 4.69) is 34.8 Å². The van der Waals surface area contributed by atoms with Crippen LogP contribution in [-0.2, 0) is 6.54 Å². The summed E-state index contributed by atoms with van der Waals surface area (Å²) in [7, 11) is 0. The fourth-order valence-electron chi connectivity index (χ4n) is 2.67. The van der Waals surface area contributed by atoms with Gasteiger partial charge in [0, 0.05) is 18.9 Å². The van der Waals surface area contributed by atoms with E-state index in [4.69, 9.17) is 9.47 Å². The van der Waals surface area contributed by atoms with Gasteiger partial charge in [-0.05, 0) is 30.7 Å². The Kier molecular flexibility index (Phi) is 4.10. The number of hydrogen-bond donors (Lipinski definition) is 1. The van der Waals surface area contributed by atoms with Crippen LogP contribution in [0.25, 0.3) is 0 Å². The molecule has 3 rings (SSSR count). The quantitative estimate of drug-likeness (QED) is 0.887. The van der Waals surface area contributed by atoms with Crippen LogP contribution < -0.4 is 14.8 Å². The number of ether oxygens (including phenoxy) is 2. The maximum atomic E-state index is 5.49. The Balaban J connectivity index is 1.95. The van der Waals surface area contributed by atoms with Crippen LogP contribution in [0.3, 0.4) is 0 Å². The van der Waals surface area contributed by atoms with E-state index in [1.165, 1.54) is 0 Å². The highest BCUT2D eigenvalue weighted by Crippen LogP contribution is 2.35. The predicted molar refractivity (Wildman–Crippen MR) is 80.6 cm³/mol. The molecule has 5 nitrogen and oxygen atoms in total. The normalized spacial score (nSPS) is 14.4. The lowest BCUT2D eigenvalue weighted by atomic mass is 10.1. The largest absolute Gasteiger partial charge is 0.454 e. The summed E-state index contributed by atoms with van der Waals surface area (Å²) in [5.41, 5.74) is 1.14. The Labute approximate surface area is 124 Å². The summed E-state index contributed by atoms with van der Waals surface area (Å²) in [6.07, 6.45) is 4.99. The fraction of sp³-hybridized carbons (Fsp3) is 0.438. The van der Waals surface area contributed by atoms with Crippen LogP contribution in [0.4, 0.5) is 0 Å². The fourth-order valence-corrected chi connectivity index (χ4v) is 2.67. The van der Waals surface area contributed by atoms with Gasteiger partial charge in [-0.15, -0.1) is 0 Å². The van der Waals surface area contributed by atoms with Gasteiger partial charge in [-0.25, -0.2) is 4.98 Å². The number of aromatic nitrogens is 2. The van der Waals surface area contributed by atoms with E-state index in [0.717, 1.165) is 42.4 Å². The Morgan fingerprint density at radius 3 is 2.95 bits per heavy atom. The first-order chi connectivity index (χ1) is 10.3. The van der Waals surface area contributed by atoms with Gasteiger partial charge in [0.1, 0.15) is 5.82 Å². The monoisotopic (exact) mass is 287 g/mol. The number of hydrogen-bond acceptors (Lipinski definition) is 4. The van der Waals surface area contributed by atoms with Crippen molar-refractivity contribution in [2.24, 2.45) is 0 Å². The Bertz CT molecular complexity index is 609. The highest BCUT2D eigenvalue weighted by Gasteiger charge is 2.21. The summed E-state index contributed by atoms with van der Waals surface area (Å²) < 4.78 is 13.1. The molecule has 112 valence electrons. The molecule has 2 heterocycles. The molecule has 0 fully saturated rings. The van der Waals surface area contributed by atoms with Crippen LogP contribution in [0.15, 0.2) is 30.6 Å². The lowest BCUT2D eigenvalue weighted by Crippen LogP contribution is -2.25. The molecule has 5 heteroatoms. The molecular formula is C16H21N3O2. The second-order valence-electron chi connectivity index (χ2n) is 5.08. The molecule has 1 aliphatic heterocycles. The third-order valence-electron chi connectivity index (χ3n) is 3.61. The highest BCUT2D eigenvalue weighted by atomic mass is 16.7. The molecular weight excluding hydrogens is 266 g/mol. The van der Waals surface area contributed by atoms with Crippen molar-refractivity contribution in [2.45, 2.75) is 32.9 Å². The van der Waals surface area contributed by atoms with E-state index in [9.17, 15) is 0 Å². The minimum atomic E-state index is 0.0612. The number of benzene rings is 1. The first kappa shape index (κ1) is 13.9. The first-order valence-electron chi connectivity index (χ1n) is 7.47. The molecule has 21 heavy (non-hydrogen) atoms. The number of nitrogens with zero attached hydrogens (tertiary/aromatic N) is 2. The average molecular weight is 287 g/mol. The van der Waals surface area contributed by atoms with Crippen LogP contribution in [0, 0.1) is 0 Å². The van der Waals surface area contributed by atoms with Crippen LogP contribution in [0.5, 0.6) is 11.5 Å². The number of fused-ring (bicyclic) bond motifs is 1. The summed E-state index contributed by atoms with van der Waals surface area (Å²) in [6.45, 7) is 6.43. The first-order valence-corrected chi connectivity index (χ1v) is 7.47. The summed E-state index contributed by atoms with van der Waals surface area (Å²) in [6, 6.07) is 6.15. The van der Waals surface area contributed by atoms with Crippen molar-refractivity contribution in [1.29, 1.82) is 0 Å². The molecule has 1 aromatic heterocycles. The van der Waals surface area contributed by atoms with Gasteiger partial charge in [-0.2, -0.15) is 0 Å². The van der Waals surface area contributed by atoms with Gasteiger partial charge in [0.25, 0.3) is 0 Å². The number of imidazole rings is 1. The van der Waals surface area contributed by atoms with Crippen molar-refractivity contribution in [3.8, 4) is 11.5 Å². The van der Waals surface area contributed by atoms with Crippen LogP contribution in [0.1, 0.15) is 37.7 Å². The van der Waals surface area contributed by atoms with Crippen LogP contribution in [-0.4, -0.2) is 22.9 Å². The third kappa shape index (κ3) is 2.74. The van der Waals surface area contributed by atoms with E-state index in [-0.39, 0.29) is 6.04 Å². The van der Waals surface area contributed by atoms with Gasteiger partial charge < -0.3 is 19.4 Å². The van der Waals surface area contributed by atoms with Crippen LogP contribution >= 0.6 is 0 Å².